The van der Waals surface area contributed by atoms with Crippen LogP contribution in [-0.2, 0) is 5.75 Å². The first-order chi connectivity index (χ1) is 12.2. The number of nitrogens with one attached hydrogen (secondary N) is 1. The Morgan fingerprint density at radius 3 is 2.64 bits per heavy atom. The number of hydrogen-bond donors (Lipinski definition) is 1. The van der Waals surface area contributed by atoms with E-state index in [4.69, 9.17) is 0 Å². The lowest BCUT2D eigenvalue weighted by Gasteiger charge is -2.03. The molecule has 6 heteroatoms. The van der Waals surface area contributed by atoms with Crippen LogP contribution in [0.4, 0.5) is 4.39 Å². The molecule has 0 spiro atoms. The van der Waals surface area contributed by atoms with Crippen molar-refractivity contribution in [2.75, 3.05) is 0 Å². The number of benzene rings is 2. The number of nitrogens with zero attached hydrogens (tertiary/aromatic N) is 1. The molecule has 4 rings (SSSR count). The van der Waals surface area contributed by atoms with Crippen LogP contribution in [0.2, 0.25) is 0 Å². The Morgan fingerprint density at radius 2 is 1.84 bits per heavy atom. The van der Waals surface area contributed by atoms with Crippen LogP contribution >= 0.6 is 23.1 Å². The van der Waals surface area contributed by atoms with Gasteiger partial charge in [0.25, 0.3) is 5.56 Å². The molecular formula is C19H13FN2OS2. The largest absolute Gasteiger partial charge is 0.301 e. The summed E-state index contributed by atoms with van der Waals surface area (Å²) >= 11 is 2.77. The third kappa shape index (κ3) is 3.23. The number of thioether (sulfide) groups is 1. The zero-order valence-corrected chi connectivity index (χ0v) is 14.7. The molecule has 0 atom stereocenters. The van der Waals surface area contributed by atoms with Crippen molar-refractivity contribution >= 4 is 33.3 Å². The number of fused-ring (bicyclic) bond motifs is 1. The third-order valence-electron chi connectivity index (χ3n) is 3.83. The molecule has 0 fully saturated rings. The molecule has 0 aliphatic heterocycles. The molecule has 0 bridgehead atoms. The van der Waals surface area contributed by atoms with E-state index in [9.17, 15) is 9.18 Å². The molecule has 0 saturated carbocycles. The van der Waals surface area contributed by atoms with Crippen molar-refractivity contribution in [3.8, 4) is 11.1 Å². The first-order valence-electron chi connectivity index (χ1n) is 7.65. The number of H-pyrrole nitrogens is 1. The smallest absolute Gasteiger partial charge is 0.260 e. The Hall–Kier alpha value is -2.44. The van der Waals surface area contributed by atoms with Crippen molar-refractivity contribution < 1.29 is 4.39 Å². The number of aromatic nitrogens is 2. The normalized spacial score (nSPS) is 11.1. The summed E-state index contributed by atoms with van der Waals surface area (Å²) in [5.74, 6) is 0.166. The number of hydrogen-bond acceptors (Lipinski definition) is 4. The van der Waals surface area contributed by atoms with Gasteiger partial charge >= 0.3 is 0 Å². The lowest BCUT2D eigenvalue weighted by atomic mass is 10.1. The van der Waals surface area contributed by atoms with Crippen LogP contribution in [0.25, 0.3) is 21.3 Å². The summed E-state index contributed by atoms with van der Waals surface area (Å²) in [6.07, 6.45) is 0. The Balaban J connectivity index is 1.67. The molecule has 25 heavy (non-hydrogen) atoms. The van der Waals surface area contributed by atoms with E-state index < -0.39 is 0 Å². The van der Waals surface area contributed by atoms with Gasteiger partial charge in [0.2, 0.25) is 0 Å². The van der Waals surface area contributed by atoms with Gasteiger partial charge in [-0.2, -0.15) is 0 Å². The van der Waals surface area contributed by atoms with Crippen molar-refractivity contribution in [3.05, 3.63) is 81.7 Å². The molecule has 1 N–H and O–H groups in total. The zero-order chi connectivity index (χ0) is 17.2. The van der Waals surface area contributed by atoms with Crippen LogP contribution in [0, 0.1) is 5.82 Å². The highest BCUT2D eigenvalue weighted by atomic mass is 32.2. The molecule has 3 nitrogen and oxygen atoms in total. The summed E-state index contributed by atoms with van der Waals surface area (Å²) in [7, 11) is 0. The SMILES string of the molecule is O=c1[nH]c(SCc2ccccc2F)nc2scc(-c3ccccc3)c12. The fourth-order valence-electron chi connectivity index (χ4n) is 2.59. The van der Waals surface area contributed by atoms with Crippen molar-refractivity contribution in [1.82, 2.24) is 9.97 Å². The van der Waals surface area contributed by atoms with Crippen molar-refractivity contribution in [2.24, 2.45) is 0 Å². The van der Waals surface area contributed by atoms with Gasteiger partial charge < -0.3 is 4.98 Å². The van der Waals surface area contributed by atoms with Crippen LogP contribution in [0.3, 0.4) is 0 Å². The Bertz CT molecular complexity index is 1090. The summed E-state index contributed by atoms with van der Waals surface area (Å²) in [5.41, 5.74) is 2.31. The first kappa shape index (κ1) is 16.1. The quantitative estimate of drug-likeness (QED) is 0.403. The molecule has 2 aromatic heterocycles. The van der Waals surface area contributed by atoms with Crippen LogP contribution in [0.5, 0.6) is 0 Å². The summed E-state index contributed by atoms with van der Waals surface area (Å²) in [6.45, 7) is 0. The predicted octanol–water partition coefficient (Wildman–Crippen LogP) is 5.08. The predicted molar refractivity (Wildman–Crippen MR) is 102 cm³/mol. The van der Waals surface area contributed by atoms with E-state index >= 15 is 0 Å². The fourth-order valence-corrected chi connectivity index (χ4v) is 4.44. The van der Waals surface area contributed by atoms with E-state index in [-0.39, 0.29) is 11.4 Å². The van der Waals surface area contributed by atoms with Gasteiger partial charge in [-0.05, 0) is 17.2 Å². The van der Waals surface area contributed by atoms with Gasteiger partial charge in [-0.25, -0.2) is 9.37 Å². The maximum atomic E-state index is 13.7. The minimum Gasteiger partial charge on any atom is -0.301 e. The van der Waals surface area contributed by atoms with Crippen molar-refractivity contribution in [3.63, 3.8) is 0 Å². The lowest BCUT2D eigenvalue weighted by Crippen LogP contribution is -2.08. The fraction of sp³-hybridized carbons (Fsp3) is 0.0526. The second kappa shape index (κ2) is 6.82. The average molecular weight is 368 g/mol. The Kier molecular flexibility index (Phi) is 4.38. The van der Waals surface area contributed by atoms with Crippen LogP contribution in [0.1, 0.15) is 5.56 Å². The molecule has 0 unspecified atom stereocenters. The maximum absolute atomic E-state index is 13.7. The van der Waals surface area contributed by atoms with Crippen molar-refractivity contribution in [2.45, 2.75) is 10.9 Å². The molecule has 0 radical (unpaired) electrons. The topological polar surface area (TPSA) is 45.8 Å². The number of aromatic amines is 1. The number of rotatable bonds is 4. The first-order valence-corrected chi connectivity index (χ1v) is 9.52. The minimum atomic E-state index is -0.249. The van der Waals surface area contributed by atoms with Gasteiger partial charge in [-0.3, -0.25) is 4.79 Å². The highest BCUT2D eigenvalue weighted by Gasteiger charge is 2.13. The average Bonchev–Trinajstić information content (AvgIpc) is 3.06. The molecule has 0 amide bonds. The second-order valence-corrected chi connectivity index (χ2v) is 7.27. The van der Waals surface area contributed by atoms with Gasteiger partial charge in [-0.15, -0.1) is 11.3 Å². The summed E-state index contributed by atoms with van der Waals surface area (Å²) in [6, 6.07) is 16.4. The van der Waals surface area contributed by atoms with Gasteiger partial charge in [-0.1, -0.05) is 60.3 Å². The van der Waals surface area contributed by atoms with Crippen LogP contribution in [0.15, 0.2) is 69.9 Å². The lowest BCUT2D eigenvalue weighted by molar-refractivity contribution is 0.617. The summed E-state index contributed by atoms with van der Waals surface area (Å²) in [4.78, 5) is 20.6. The standard InChI is InChI=1S/C19H13FN2OS2/c20-15-9-5-4-8-13(15)10-25-19-21-17(23)16-14(11-24-18(16)22-19)12-6-2-1-3-7-12/h1-9,11H,10H2,(H,21,22,23). The van der Waals surface area contributed by atoms with Crippen molar-refractivity contribution in [1.29, 1.82) is 0 Å². The molecular weight excluding hydrogens is 355 g/mol. The minimum absolute atomic E-state index is 0.166. The van der Waals surface area contributed by atoms with E-state index in [1.807, 2.05) is 35.7 Å². The van der Waals surface area contributed by atoms with Gasteiger partial charge in [0, 0.05) is 16.7 Å². The molecule has 0 saturated heterocycles. The van der Waals surface area contributed by atoms with Crippen LogP contribution < -0.4 is 5.56 Å². The molecule has 0 aliphatic carbocycles. The molecule has 4 aromatic rings. The van der Waals surface area contributed by atoms with E-state index in [0.29, 0.717) is 26.7 Å². The molecule has 0 aliphatic rings. The Morgan fingerprint density at radius 1 is 1.08 bits per heavy atom. The van der Waals surface area contributed by atoms with E-state index in [2.05, 4.69) is 9.97 Å². The molecule has 2 heterocycles. The highest BCUT2D eigenvalue weighted by Crippen LogP contribution is 2.31. The summed E-state index contributed by atoms with van der Waals surface area (Å²) in [5, 5.41) is 3.06. The molecule has 124 valence electrons. The van der Waals surface area contributed by atoms with E-state index in [1.54, 1.807) is 18.2 Å². The van der Waals surface area contributed by atoms with Crippen LogP contribution in [-0.4, -0.2) is 9.97 Å². The zero-order valence-electron chi connectivity index (χ0n) is 13.0. The maximum Gasteiger partial charge on any atom is 0.260 e. The van der Waals surface area contributed by atoms with E-state index in [0.717, 1.165) is 11.1 Å². The van der Waals surface area contributed by atoms with Gasteiger partial charge in [0.1, 0.15) is 10.6 Å². The number of thiophene rings is 1. The second-order valence-electron chi connectivity index (χ2n) is 5.45. The van der Waals surface area contributed by atoms with Gasteiger partial charge in [0.15, 0.2) is 5.16 Å². The third-order valence-corrected chi connectivity index (χ3v) is 5.62. The number of halogens is 1. The molecule has 2 aromatic carbocycles. The Labute approximate surface area is 151 Å². The van der Waals surface area contributed by atoms with Gasteiger partial charge in [0.05, 0.1) is 5.39 Å². The monoisotopic (exact) mass is 368 g/mol. The van der Waals surface area contributed by atoms with E-state index in [1.165, 1.54) is 29.2 Å². The summed E-state index contributed by atoms with van der Waals surface area (Å²) < 4.78 is 13.7. The highest BCUT2D eigenvalue weighted by molar-refractivity contribution is 7.98.